The fraction of sp³-hybridized carbons (Fsp3) is 0.200. The largest absolute Gasteiger partial charge is 0.340 e. The number of aliphatic imine (C=N–C) groups is 1. The lowest BCUT2D eigenvalue weighted by Crippen LogP contribution is -2.24. The summed E-state index contributed by atoms with van der Waals surface area (Å²) in [5.74, 6) is 0.420. The predicted molar refractivity (Wildman–Crippen MR) is 69.2 cm³/mol. The van der Waals surface area contributed by atoms with Crippen molar-refractivity contribution < 1.29 is 4.79 Å². The zero-order valence-corrected chi connectivity index (χ0v) is 11.6. The fourth-order valence-electron chi connectivity index (χ4n) is 1.47. The minimum atomic E-state index is -0.372. The van der Waals surface area contributed by atoms with Crippen molar-refractivity contribution in [3.05, 3.63) is 32.7 Å². The molecule has 1 aliphatic heterocycles. The molecule has 4 nitrogen and oxygen atoms in total. The quantitative estimate of drug-likeness (QED) is 0.816. The second-order valence-corrected chi connectivity index (χ2v) is 5.02. The number of carbonyl (C=O) groups excluding carboxylic acids is 1. The predicted octanol–water partition coefficient (Wildman–Crippen LogP) is 1.96. The van der Waals surface area contributed by atoms with Gasteiger partial charge in [-0.1, -0.05) is 6.07 Å². The average Bonchev–Trinajstić information content (AvgIpc) is 2.64. The van der Waals surface area contributed by atoms with Crippen molar-refractivity contribution >= 4 is 43.7 Å². The number of halogens is 2. The van der Waals surface area contributed by atoms with Crippen molar-refractivity contribution in [2.45, 2.75) is 6.04 Å². The molecule has 1 atom stereocenters. The van der Waals surface area contributed by atoms with Crippen LogP contribution in [0.4, 0.5) is 0 Å². The van der Waals surface area contributed by atoms with Crippen LogP contribution in [-0.4, -0.2) is 18.9 Å². The first-order chi connectivity index (χ1) is 7.61. The van der Waals surface area contributed by atoms with E-state index in [0.717, 1.165) is 14.5 Å². The topological polar surface area (TPSA) is 53.5 Å². The van der Waals surface area contributed by atoms with Crippen LogP contribution in [0.3, 0.4) is 0 Å². The molecule has 0 bridgehead atoms. The Labute approximate surface area is 110 Å². The Kier molecular flexibility index (Phi) is 3.30. The van der Waals surface area contributed by atoms with Crippen molar-refractivity contribution in [2.75, 3.05) is 7.05 Å². The lowest BCUT2D eigenvalue weighted by atomic mass is 10.1. The van der Waals surface area contributed by atoms with Crippen molar-refractivity contribution in [1.29, 1.82) is 0 Å². The first kappa shape index (κ1) is 11.6. The lowest BCUT2D eigenvalue weighted by molar-refractivity contribution is -0.120. The molecule has 6 heteroatoms. The molecule has 2 N–H and O–H groups in total. The Hall–Kier alpha value is -0.880. The van der Waals surface area contributed by atoms with Crippen LogP contribution in [0.2, 0.25) is 0 Å². The summed E-state index contributed by atoms with van der Waals surface area (Å²) in [6.07, 6.45) is 0. The van der Waals surface area contributed by atoms with Crippen LogP contribution in [0.25, 0.3) is 0 Å². The summed E-state index contributed by atoms with van der Waals surface area (Å²) in [5.41, 5.74) is 0.895. The summed E-state index contributed by atoms with van der Waals surface area (Å²) in [7, 11) is 1.63. The first-order valence-electron chi connectivity index (χ1n) is 4.61. The van der Waals surface area contributed by atoms with Gasteiger partial charge in [-0.25, -0.2) is 0 Å². The standard InChI is InChI=1S/C10H9Br2N3O/c1-13-10-14-8(9(16)15-10)5-2-3-6(11)7(12)4-5/h2-4,8H,1H3,(H2,13,14,15,16). The van der Waals surface area contributed by atoms with Gasteiger partial charge in [-0.05, 0) is 49.6 Å². The SMILES string of the molecule is CN=C1NC(=O)C(c2ccc(Br)c(Br)c2)N1. The summed E-state index contributed by atoms with van der Waals surface area (Å²) in [4.78, 5) is 15.6. The van der Waals surface area contributed by atoms with Crippen LogP contribution in [0.15, 0.2) is 32.1 Å². The third kappa shape index (κ3) is 2.12. The minimum Gasteiger partial charge on any atom is -0.340 e. The molecule has 0 aliphatic carbocycles. The maximum atomic E-state index is 11.7. The number of nitrogens with zero attached hydrogens (tertiary/aromatic N) is 1. The van der Waals surface area contributed by atoms with E-state index in [1.54, 1.807) is 7.05 Å². The zero-order chi connectivity index (χ0) is 11.7. The molecule has 1 heterocycles. The Balaban J connectivity index is 2.31. The highest BCUT2D eigenvalue weighted by atomic mass is 79.9. The Morgan fingerprint density at radius 2 is 2.06 bits per heavy atom. The molecule has 16 heavy (non-hydrogen) atoms. The molecule has 0 radical (unpaired) electrons. The molecule has 0 aromatic heterocycles. The van der Waals surface area contributed by atoms with E-state index in [4.69, 9.17) is 0 Å². The van der Waals surface area contributed by atoms with E-state index in [1.807, 2.05) is 18.2 Å². The van der Waals surface area contributed by atoms with E-state index in [-0.39, 0.29) is 11.9 Å². The van der Waals surface area contributed by atoms with Gasteiger partial charge in [0.25, 0.3) is 5.91 Å². The smallest absolute Gasteiger partial charge is 0.253 e. The van der Waals surface area contributed by atoms with Gasteiger partial charge in [-0.3, -0.25) is 15.1 Å². The van der Waals surface area contributed by atoms with E-state index in [0.29, 0.717) is 5.96 Å². The maximum Gasteiger partial charge on any atom is 0.253 e. The Morgan fingerprint density at radius 1 is 1.31 bits per heavy atom. The van der Waals surface area contributed by atoms with Gasteiger partial charge in [0.05, 0.1) is 0 Å². The second kappa shape index (κ2) is 4.55. The average molecular weight is 347 g/mol. The number of nitrogens with one attached hydrogen (secondary N) is 2. The van der Waals surface area contributed by atoms with Crippen molar-refractivity contribution in [3.63, 3.8) is 0 Å². The molecule has 2 rings (SSSR count). The molecule has 0 spiro atoms. The van der Waals surface area contributed by atoms with Gasteiger partial charge in [0.2, 0.25) is 0 Å². The van der Waals surface area contributed by atoms with Gasteiger partial charge in [-0.15, -0.1) is 0 Å². The summed E-state index contributed by atoms with van der Waals surface area (Å²) < 4.78 is 1.88. The summed E-state index contributed by atoms with van der Waals surface area (Å²) in [6.45, 7) is 0. The van der Waals surface area contributed by atoms with Crippen LogP contribution < -0.4 is 10.6 Å². The number of benzene rings is 1. The normalized spacial score (nSPS) is 22.1. The zero-order valence-electron chi connectivity index (χ0n) is 8.42. The Morgan fingerprint density at radius 3 is 2.62 bits per heavy atom. The van der Waals surface area contributed by atoms with Gasteiger partial charge in [0.15, 0.2) is 5.96 Å². The van der Waals surface area contributed by atoms with Crippen molar-refractivity contribution in [2.24, 2.45) is 4.99 Å². The minimum absolute atomic E-state index is 0.0881. The lowest BCUT2D eigenvalue weighted by Gasteiger charge is -2.09. The van der Waals surface area contributed by atoms with Crippen LogP contribution in [0.1, 0.15) is 11.6 Å². The second-order valence-electron chi connectivity index (χ2n) is 3.31. The molecule has 1 aromatic rings. The molecular weight excluding hydrogens is 338 g/mol. The molecule has 1 aliphatic rings. The maximum absolute atomic E-state index is 11.7. The number of rotatable bonds is 1. The molecule has 1 unspecified atom stereocenters. The van der Waals surface area contributed by atoms with E-state index in [1.165, 1.54) is 0 Å². The third-order valence-electron chi connectivity index (χ3n) is 2.29. The van der Waals surface area contributed by atoms with Crippen LogP contribution in [0.5, 0.6) is 0 Å². The van der Waals surface area contributed by atoms with E-state index in [9.17, 15) is 4.79 Å². The summed E-state index contributed by atoms with van der Waals surface area (Å²) in [5, 5.41) is 5.67. The monoisotopic (exact) mass is 345 g/mol. The number of hydrogen-bond donors (Lipinski definition) is 2. The molecule has 1 aromatic carbocycles. The van der Waals surface area contributed by atoms with Gasteiger partial charge >= 0.3 is 0 Å². The number of carbonyl (C=O) groups is 1. The van der Waals surface area contributed by atoms with Gasteiger partial charge in [-0.2, -0.15) is 0 Å². The molecule has 1 fully saturated rings. The number of amides is 1. The first-order valence-corrected chi connectivity index (χ1v) is 6.19. The molecule has 1 saturated heterocycles. The highest BCUT2D eigenvalue weighted by molar-refractivity contribution is 9.13. The Bertz CT molecular complexity index is 473. The summed E-state index contributed by atoms with van der Waals surface area (Å²) in [6, 6.07) is 5.32. The van der Waals surface area contributed by atoms with Crippen molar-refractivity contribution in [3.8, 4) is 0 Å². The van der Waals surface area contributed by atoms with E-state index >= 15 is 0 Å². The van der Waals surface area contributed by atoms with Crippen LogP contribution in [-0.2, 0) is 4.79 Å². The highest BCUT2D eigenvalue weighted by Crippen LogP contribution is 2.27. The third-order valence-corrected chi connectivity index (χ3v) is 4.17. The van der Waals surface area contributed by atoms with E-state index < -0.39 is 0 Å². The van der Waals surface area contributed by atoms with E-state index in [2.05, 4.69) is 47.5 Å². The highest BCUT2D eigenvalue weighted by Gasteiger charge is 2.29. The number of hydrogen-bond acceptors (Lipinski definition) is 2. The van der Waals surface area contributed by atoms with Gasteiger partial charge < -0.3 is 5.32 Å². The van der Waals surface area contributed by atoms with Crippen LogP contribution in [0, 0.1) is 0 Å². The molecule has 1 amide bonds. The summed E-state index contributed by atoms with van der Waals surface area (Å²) >= 11 is 6.80. The number of guanidine groups is 1. The van der Waals surface area contributed by atoms with Crippen LogP contribution >= 0.6 is 31.9 Å². The van der Waals surface area contributed by atoms with Gasteiger partial charge in [0, 0.05) is 16.0 Å². The molecule has 0 saturated carbocycles. The molecular formula is C10H9Br2N3O. The van der Waals surface area contributed by atoms with Gasteiger partial charge in [0.1, 0.15) is 6.04 Å². The molecule has 84 valence electrons. The van der Waals surface area contributed by atoms with Crippen molar-refractivity contribution in [1.82, 2.24) is 10.6 Å². The fourth-order valence-corrected chi connectivity index (χ4v) is 2.12.